The molecular weight excluding hydrogens is 318 g/mol. The van der Waals surface area contributed by atoms with Gasteiger partial charge in [0.2, 0.25) is 0 Å². The van der Waals surface area contributed by atoms with E-state index in [4.69, 9.17) is 16.3 Å². The van der Waals surface area contributed by atoms with Crippen LogP contribution in [0.2, 0.25) is 5.02 Å². The first-order valence-electron chi connectivity index (χ1n) is 7.21. The van der Waals surface area contributed by atoms with Gasteiger partial charge < -0.3 is 4.74 Å². The van der Waals surface area contributed by atoms with Gasteiger partial charge in [-0.1, -0.05) is 17.7 Å². The number of hydrogen-bond donors (Lipinski definition) is 0. The summed E-state index contributed by atoms with van der Waals surface area (Å²) in [5.41, 5.74) is 0.0473. The van der Waals surface area contributed by atoms with Crippen molar-refractivity contribution in [3.8, 4) is 5.75 Å². The van der Waals surface area contributed by atoms with Crippen molar-refractivity contribution >= 4 is 11.6 Å². The minimum Gasteiger partial charge on any atom is -0.492 e. The van der Waals surface area contributed by atoms with Crippen LogP contribution in [-0.2, 0) is 20.6 Å². The number of nitrogens with zero attached hydrogens (tertiary/aromatic N) is 3. The van der Waals surface area contributed by atoms with E-state index in [1.54, 1.807) is 19.2 Å². The number of aromatic nitrogens is 2. The molecule has 0 aliphatic carbocycles. The number of benzene rings is 1. The molecule has 1 heterocycles. The second-order valence-corrected chi connectivity index (χ2v) is 5.85. The lowest BCUT2D eigenvalue weighted by Gasteiger charge is -2.19. The fourth-order valence-corrected chi connectivity index (χ4v) is 2.34. The quantitative estimate of drug-likeness (QED) is 0.796. The summed E-state index contributed by atoms with van der Waals surface area (Å²) in [6, 6.07) is 8.70. The van der Waals surface area contributed by atoms with Gasteiger partial charge in [-0.15, -0.1) is 0 Å². The molecule has 0 fully saturated rings. The maximum Gasteiger partial charge on any atom is 0.330 e. The van der Waals surface area contributed by atoms with Crippen LogP contribution in [0.25, 0.3) is 0 Å². The van der Waals surface area contributed by atoms with E-state index < -0.39 is 0 Å². The van der Waals surface area contributed by atoms with Crippen LogP contribution in [0, 0.1) is 0 Å². The van der Waals surface area contributed by atoms with Gasteiger partial charge in [-0.2, -0.15) is 0 Å². The van der Waals surface area contributed by atoms with Gasteiger partial charge in [-0.05, 0) is 25.2 Å². The Kier molecular flexibility index (Phi) is 5.63. The first kappa shape index (κ1) is 17.3. The van der Waals surface area contributed by atoms with Crippen LogP contribution in [0.3, 0.4) is 0 Å². The van der Waals surface area contributed by atoms with Gasteiger partial charge in [0.25, 0.3) is 5.56 Å². The Morgan fingerprint density at radius 2 is 1.91 bits per heavy atom. The Labute approximate surface area is 139 Å². The highest BCUT2D eigenvalue weighted by Crippen LogP contribution is 2.16. The van der Waals surface area contributed by atoms with Crippen molar-refractivity contribution < 1.29 is 4.74 Å². The van der Waals surface area contributed by atoms with E-state index in [-0.39, 0.29) is 11.2 Å². The lowest BCUT2D eigenvalue weighted by molar-refractivity contribution is 0.229. The average molecular weight is 338 g/mol. The molecule has 0 radical (unpaired) electrons. The second kappa shape index (κ2) is 7.48. The summed E-state index contributed by atoms with van der Waals surface area (Å²) in [6.07, 6.45) is 0. The third kappa shape index (κ3) is 4.46. The summed E-state index contributed by atoms with van der Waals surface area (Å²) >= 11 is 5.90. The zero-order valence-electron chi connectivity index (χ0n) is 13.5. The van der Waals surface area contributed by atoms with E-state index in [0.29, 0.717) is 36.2 Å². The highest BCUT2D eigenvalue weighted by Gasteiger charge is 2.08. The average Bonchev–Trinajstić information content (AvgIpc) is 2.50. The molecular formula is C16H20ClN3O3. The Balaban J connectivity index is 1.94. The van der Waals surface area contributed by atoms with Crippen molar-refractivity contribution in [3.63, 3.8) is 0 Å². The highest BCUT2D eigenvalue weighted by molar-refractivity contribution is 6.30. The third-order valence-electron chi connectivity index (χ3n) is 3.60. The fourth-order valence-electron chi connectivity index (χ4n) is 2.16. The zero-order valence-corrected chi connectivity index (χ0v) is 14.2. The van der Waals surface area contributed by atoms with Crippen LogP contribution in [0.5, 0.6) is 5.75 Å². The molecule has 0 unspecified atom stereocenters. The Morgan fingerprint density at radius 1 is 1.17 bits per heavy atom. The predicted octanol–water partition coefficient (Wildman–Crippen LogP) is 1.25. The molecule has 0 aliphatic heterocycles. The molecule has 0 bridgehead atoms. The Morgan fingerprint density at radius 3 is 2.61 bits per heavy atom. The topological polar surface area (TPSA) is 56.5 Å². The summed E-state index contributed by atoms with van der Waals surface area (Å²) in [5.74, 6) is 0.715. The lowest BCUT2D eigenvalue weighted by atomic mass is 10.3. The van der Waals surface area contributed by atoms with Crippen molar-refractivity contribution in [1.82, 2.24) is 14.0 Å². The van der Waals surface area contributed by atoms with Crippen molar-refractivity contribution in [3.05, 3.63) is 61.9 Å². The van der Waals surface area contributed by atoms with E-state index >= 15 is 0 Å². The molecule has 0 atom stereocenters. The van der Waals surface area contributed by atoms with Gasteiger partial charge >= 0.3 is 5.69 Å². The third-order valence-corrected chi connectivity index (χ3v) is 3.83. The number of ether oxygens (including phenoxy) is 1. The van der Waals surface area contributed by atoms with Crippen LogP contribution in [0.15, 0.2) is 39.9 Å². The maximum atomic E-state index is 11.9. The zero-order chi connectivity index (χ0) is 17.0. The fraction of sp³-hybridized carbons (Fsp3) is 0.375. The van der Waals surface area contributed by atoms with Crippen molar-refractivity contribution in [1.29, 1.82) is 0 Å². The first-order chi connectivity index (χ1) is 10.9. The first-order valence-corrected chi connectivity index (χ1v) is 7.59. The summed E-state index contributed by atoms with van der Waals surface area (Å²) in [7, 11) is 5.04. The molecule has 2 aromatic rings. The van der Waals surface area contributed by atoms with E-state index in [1.165, 1.54) is 17.7 Å². The molecule has 0 N–H and O–H groups in total. The molecule has 0 spiro atoms. The molecule has 0 saturated heterocycles. The Hall–Kier alpha value is -2.05. The van der Waals surface area contributed by atoms with Crippen LogP contribution in [0.1, 0.15) is 5.69 Å². The maximum absolute atomic E-state index is 11.9. The molecule has 1 aromatic heterocycles. The minimum atomic E-state index is -0.323. The van der Waals surface area contributed by atoms with E-state index in [9.17, 15) is 9.59 Å². The molecule has 23 heavy (non-hydrogen) atoms. The van der Waals surface area contributed by atoms with Crippen molar-refractivity contribution in [2.24, 2.45) is 14.1 Å². The van der Waals surface area contributed by atoms with E-state index in [0.717, 1.165) is 4.57 Å². The van der Waals surface area contributed by atoms with Gasteiger partial charge in [0, 0.05) is 44.0 Å². The largest absolute Gasteiger partial charge is 0.492 e. The van der Waals surface area contributed by atoms with Crippen LogP contribution in [-0.4, -0.2) is 34.2 Å². The highest BCUT2D eigenvalue weighted by atomic mass is 35.5. The number of hydrogen-bond acceptors (Lipinski definition) is 4. The molecule has 0 aliphatic rings. The number of halogens is 1. The summed E-state index contributed by atoms with van der Waals surface area (Å²) < 4.78 is 8.20. The molecule has 0 amide bonds. The molecule has 2 rings (SSSR count). The number of likely N-dealkylation sites (N-methyl/N-ethyl adjacent to an activating group) is 1. The normalized spacial score (nSPS) is 11.0. The monoisotopic (exact) mass is 337 g/mol. The van der Waals surface area contributed by atoms with Gasteiger partial charge in [0.1, 0.15) is 12.4 Å². The lowest BCUT2D eigenvalue weighted by Crippen LogP contribution is -2.39. The summed E-state index contributed by atoms with van der Waals surface area (Å²) in [4.78, 5) is 25.6. The molecule has 6 nitrogen and oxygen atoms in total. The summed E-state index contributed by atoms with van der Waals surface area (Å²) in [6.45, 7) is 1.62. The van der Waals surface area contributed by atoms with Crippen molar-refractivity contribution in [2.45, 2.75) is 6.54 Å². The van der Waals surface area contributed by atoms with Crippen LogP contribution >= 0.6 is 11.6 Å². The molecule has 124 valence electrons. The van der Waals surface area contributed by atoms with E-state index in [2.05, 4.69) is 0 Å². The predicted molar refractivity (Wildman–Crippen MR) is 90.2 cm³/mol. The van der Waals surface area contributed by atoms with Gasteiger partial charge in [0.15, 0.2) is 0 Å². The second-order valence-electron chi connectivity index (χ2n) is 5.42. The van der Waals surface area contributed by atoms with Gasteiger partial charge in [-0.3, -0.25) is 18.8 Å². The minimum absolute atomic E-state index is 0.299. The Bertz CT molecular complexity index is 798. The molecule has 1 aromatic carbocycles. The van der Waals surface area contributed by atoms with Gasteiger partial charge in [0.05, 0.1) is 0 Å². The SMILES string of the molecule is CN(CCOc1cccc(Cl)c1)Cc1cc(=O)n(C)c(=O)n1C. The van der Waals surface area contributed by atoms with E-state index in [1.807, 2.05) is 24.1 Å². The molecule has 7 heteroatoms. The van der Waals surface area contributed by atoms with Crippen LogP contribution in [0.4, 0.5) is 0 Å². The number of rotatable bonds is 6. The van der Waals surface area contributed by atoms with Crippen LogP contribution < -0.4 is 16.0 Å². The van der Waals surface area contributed by atoms with Gasteiger partial charge in [-0.25, -0.2) is 4.79 Å². The molecule has 0 saturated carbocycles. The smallest absolute Gasteiger partial charge is 0.330 e. The standard InChI is InChI=1S/C16H20ClN3O3/c1-18(7-8-23-14-6-4-5-12(17)9-14)11-13-10-15(21)20(3)16(22)19(13)2/h4-6,9-10H,7-8,11H2,1-3H3. The summed E-state index contributed by atoms with van der Waals surface area (Å²) in [5, 5.41) is 0.631. The van der Waals surface area contributed by atoms with Crippen molar-refractivity contribution in [2.75, 3.05) is 20.2 Å².